The number of nitrogens with two attached hydrogens (primary N) is 1. The van der Waals surface area contributed by atoms with Crippen molar-refractivity contribution < 1.29 is 4.79 Å². The second kappa shape index (κ2) is 4.97. The van der Waals surface area contributed by atoms with Gasteiger partial charge < -0.3 is 11.1 Å². The molecule has 0 saturated heterocycles. The van der Waals surface area contributed by atoms with E-state index in [-0.39, 0.29) is 11.3 Å². The number of rotatable bonds is 5. The summed E-state index contributed by atoms with van der Waals surface area (Å²) in [6.07, 6.45) is 0. The molecule has 1 amide bonds. The third-order valence-electron chi connectivity index (χ3n) is 4.45. The molecule has 0 aliphatic rings. The topological polar surface area (TPSA) is 55.1 Å². The number of hydrogen-bond donors (Lipinski definition) is 2. The van der Waals surface area contributed by atoms with Gasteiger partial charge in [0.25, 0.3) is 0 Å². The smallest absolute Gasteiger partial charge is 0.227 e. The van der Waals surface area contributed by atoms with Crippen molar-refractivity contribution in [2.45, 2.75) is 60.9 Å². The minimum atomic E-state index is -0.569. The molecule has 0 aromatic carbocycles. The van der Waals surface area contributed by atoms with Crippen LogP contribution in [0.3, 0.4) is 0 Å². The van der Waals surface area contributed by atoms with E-state index in [2.05, 4.69) is 33.0 Å². The molecule has 3 N–H and O–H groups in total. The zero-order valence-corrected chi connectivity index (χ0v) is 12.8. The summed E-state index contributed by atoms with van der Waals surface area (Å²) < 4.78 is 0. The van der Waals surface area contributed by atoms with Crippen molar-refractivity contribution in [1.82, 2.24) is 5.32 Å². The standard InChI is InChI=1S/C14H30N2O/c1-10(2)12(3,4)9-16-11(17)13(5,6)14(7,8)15/h10H,9,15H2,1-8H3,(H,16,17). The molecule has 0 radical (unpaired) electrons. The minimum Gasteiger partial charge on any atom is -0.355 e. The van der Waals surface area contributed by atoms with Gasteiger partial charge >= 0.3 is 0 Å². The van der Waals surface area contributed by atoms with E-state index in [1.54, 1.807) is 0 Å². The first-order valence-electron chi connectivity index (χ1n) is 6.39. The Balaban J connectivity index is 4.59. The van der Waals surface area contributed by atoms with E-state index < -0.39 is 11.0 Å². The summed E-state index contributed by atoms with van der Waals surface area (Å²) in [5.41, 5.74) is 5.06. The summed E-state index contributed by atoms with van der Waals surface area (Å²) in [4.78, 5) is 12.2. The maximum absolute atomic E-state index is 12.2. The normalized spacial score (nSPS) is 14.0. The molecule has 17 heavy (non-hydrogen) atoms. The van der Waals surface area contributed by atoms with Gasteiger partial charge in [-0.3, -0.25) is 4.79 Å². The van der Waals surface area contributed by atoms with Gasteiger partial charge in [0.1, 0.15) is 0 Å². The van der Waals surface area contributed by atoms with Gasteiger partial charge in [0, 0.05) is 12.1 Å². The highest BCUT2D eigenvalue weighted by molar-refractivity contribution is 5.83. The van der Waals surface area contributed by atoms with Crippen molar-refractivity contribution in [3.8, 4) is 0 Å². The van der Waals surface area contributed by atoms with Crippen molar-refractivity contribution in [1.29, 1.82) is 0 Å². The first-order chi connectivity index (χ1) is 7.32. The lowest BCUT2D eigenvalue weighted by Gasteiger charge is -2.38. The largest absolute Gasteiger partial charge is 0.355 e. The van der Waals surface area contributed by atoms with Crippen LogP contribution < -0.4 is 11.1 Å². The first-order valence-corrected chi connectivity index (χ1v) is 6.39. The van der Waals surface area contributed by atoms with Crippen LogP contribution in [-0.4, -0.2) is 18.0 Å². The third kappa shape index (κ3) is 3.98. The lowest BCUT2D eigenvalue weighted by molar-refractivity contribution is -0.132. The zero-order valence-electron chi connectivity index (χ0n) is 12.8. The van der Waals surface area contributed by atoms with E-state index in [4.69, 9.17) is 5.73 Å². The van der Waals surface area contributed by atoms with E-state index in [9.17, 15) is 4.79 Å². The quantitative estimate of drug-likeness (QED) is 0.778. The summed E-state index contributed by atoms with van der Waals surface area (Å²) in [6, 6.07) is 0. The highest BCUT2D eigenvalue weighted by atomic mass is 16.2. The average Bonchev–Trinajstić information content (AvgIpc) is 2.12. The summed E-state index contributed by atoms with van der Waals surface area (Å²) in [6.45, 7) is 16.9. The molecule has 0 saturated carbocycles. The molecule has 0 aliphatic carbocycles. The van der Waals surface area contributed by atoms with Crippen LogP contribution in [-0.2, 0) is 4.79 Å². The SMILES string of the molecule is CC(C)C(C)(C)CNC(=O)C(C)(C)C(C)(C)N. The lowest BCUT2D eigenvalue weighted by Crippen LogP contribution is -2.56. The molecule has 0 aromatic heterocycles. The third-order valence-corrected chi connectivity index (χ3v) is 4.45. The lowest BCUT2D eigenvalue weighted by atomic mass is 9.74. The van der Waals surface area contributed by atoms with Gasteiger partial charge in [-0.15, -0.1) is 0 Å². The van der Waals surface area contributed by atoms with E-state index >= 15 is 0 Å². The highest BCUT2D eigenvalue weighted by Gasteiger charge is 2.40. The molecule has 0 fully saturated rings. The fraction of sp³-hybridized carbons (Fsp3) is 0.929. The van der Waals surface area contributed by atoms with Crippen molar-refractivity contribution in [2.24, 2.45) is 22.5 Å². The molecule has 0 aromatic rings. The van der Waals surface area contributed by atoms with Gasteiger partial charge in [-0.05, 0) is 39.0 Å². The summed E-state index contributed by atoms with van der Waals surface area (Å²) >= 11 is 0. The summed E-state index contributed by atoms with van der Waals surface area (Å²) in [5, 5.41) is 3.03. The predicted molar refractivity (Wildman–Crippen MR) is 73.7 cm³/mol. The molecule has 3 nitrogen and oxygen atoms in total. The second-order valence-corrected chi connectivity index (χ2v) is 7.17. The van der Waals surface area contributed by atoms with Crippen molar-refractivity contribution in [3.05, 3.63) is 0 Å². The molecule has 0 atom stereocenters. The van der Waals surface area contributed by atoms with Crippen LogP contribution in [0, 0.1) is 16.7 Å². The monoisotopic (exact) mass is 242 g/mol. The number of carbonyl (C=O) groups is 1. The molecule has 0 aliphatic heterocycles. The minimum absolute atomic E-state index is 0.0266. The Morgan fingerprint density at radius 3 is 1.82 bits per heavy atom. The van der Waals surface area contributed by atoms with Crippen molar-refractivity contribution in [3.63, 3.8) is 0 Å². The van der Waals surface area contributed by atoms with Crippen molar-refractivity contribution in [2.75, 3.05) is 6.54 Å². The van der Waals surface area contributed by atoms with Crippen LogP contribution in [0.25, 0.3) is 0 Å². The molecule has 102 valence electrons. The molecular weight excluding hydrogens is 212 g/mol. The fourth-order valence-corrected chi connectivity index (χ4v) is 1.03. The van der Waals surface area contributed by atoms with Crippen LogP contribution >= 0.6 is 0 Å². The van der Waals surface area contributed by atoms with Gasteiger partial charge in [-0.1, -0.05) is 27.7 Å². The Bertz CT molecular complexity index is 272. The van der Waals surface area contributed by atoms with Gasteiger partial charge in [-0.25, -0.2) is 0 Å². The zero-order chi connectivity index (χ0) is 14.1. The molecule has 0 heterocycles. The first kappa shape index (κ1) is 16.4. The molecule has 3 heteroatoms. The Labute approximate surface area is 107 Å². The molecule has 0 rings (SSSR count). The van der Waals surface area contributed by atoms with Gasteiger partial charge in [0.15, 0.2) is 0 Å². The highest BCUT2D eigenvalue weighted by Crippen LogP contribution is 2.30. The molecule has 0 bridgehead atoms. The fourth-order valence-electron chi connectivity index (χ4n) is 1.03. The number of carbonyl (C=O) groups excluding carboxylic acids is 1. The molecule has 0 unspecified atom stereocenters. The maximum Gasteiger partial charge on any atom is 0.227 e. The Kier molecular flexibility index (Phi) is 4.80. The van der Waals surface area contributed by atoms with Gasteiger partial charge in [-0.2, -0.15) is 0 Å². The van der Waals surface area contributed by atoms with Crippen LogP contribution in [0.15, 0.2) is 0 Å². The van der Waals surface area contributed by atoms with E-state index in [1.165, 1.54) is 0 Å². The van der Waals surface area contributed by atoms with E-state index in [1.807, 2.05) is 27.7 Å². The van der Waals surface area contributed by atoms with Crippen LogP contribution in [0.1, 0.15) is 55.4 Å². The van der Waals surface area contributed by atoms with Crippen molar-refractivity contribution >= 4 is 5.91 Å². The number of amides is 1. The van der Waals surface area contributed by atoms with Gasteiger partial charge in [0.05, 0.1) is 5.41 Å². The maximum atomic E-state index is 12.2. The summed E-state index contributed by atoms with van der Waals surface area (Å²) in [7, 11) is 0. The predicted octanol–water partition coefficient (Wildman–Crippen LogP) is 2.55. The van der Waals surface area contributed by atoms with Crippen LogP contribution in [0.2, 0.25) is 0 Å². The Hall–Kier alpha value is -0.570. The number of nitrogens with one attached hydrogen (secondary N) is 1. The van der Waals surface area contributed by atoms with E-state index in [0.717, 1.165) is 0 Å². The number of hydrogen-bond acceptors (Lipinski definition) is 2. The molecule has 0 spiro atoms. The molecular formula is C14H30N2O. The Morgan fingerprint density at radius 2 is 1.53 bits per heavy atom. The summed E-state index contributed by atoms with van der Waals surface area (Å²) in [5.74, 6) is 0.551. The van der Waals surface area contributed by atoms with Crippen LogP contribution in [0.5, 0.6) is 0 Å². The van der Waals surface area contributed by atoms with Crippen LogP contribution in [0.4, 0.5) is 0 Å². The van der Waals surface area contributed by atoms with Gasteiger partial charge in [0.2, 0.25) is 5.91 Å². The Morgan fingerprint density at radius 1 is 1.12 bits per heavy atom. The average molecular weight is 242 g/mol. The van der Waals surface area contributed by atoms with E-state index in [0.29, 0.717) is 12.5 Å². The second-order valence-electron chi connectivity index (χ2n) is 7.17.